The molecule has 0 saturated heterocycles. The molecule has 0 aliphatic carbocycles. The van der Waals surface area contributed by atoms with Crippen LogP contribution in [0.5, 0.6) is 11.5 Å². The first kappa shape index (κ1) is 23.2. The summed E-state index contributed by atoms with van der Waals surface area (Å²) in [5, 5.41) is 12.5. The largest absolute Gasteiger partial charge is 0.490 e. The Hall–Kier alpha value is -2.12. The lowest BCUT2D eigenvalue weighted by atomic mass is 10.0. The van der Waals surface area contributed by atoms with Gasteiger partial charge in [0.25, 0.3) is 0 Å². The molecular weight excluding hydrogens is 441 g/mol. The number of nitrogens with one attached hydrogen (secondary N) is 1. The monoisotopic (exact) mass is 467 g/mol. The normalized spacial score (nSPS) is 12.1. The van der Waals surface area contributed by atoms with Crippen LogP contribution in [0.25, 0.3) is 0 Å². The summed E-state index contributed by atoms with van der Waals surface area (Å²) >= 11 is 3.49. The van der Waals surface area contributed by atoms with Crippen LogP contribution in [0.15, 0.2) is 40.9 Å². The Balaban J connectivity index is 2.16. The van der Waals surface area contributed by atoms with Gasteiger partial charge >= 0.3 is 5.97 Å². The minimum Gasteiger partial charge on any atom is -0.490 e. The molecule has 29 heavy (non-hydrogen) atoms. The molecule has 0 aliphatic heterocycles. The van der Waals surface area contributed by atoms with Gasteiger partial charge in [-0.3, -0.25) is 4.79 Å². The predicted octanol–water partition coefficient (Wildman–Crippen LogP) is 5.15. The zero-order valence-corrected chi connectivity index (χ0v) is 18.5. The zero-order chi connectivity index (χ0) is 21.4. The number of carboxylic acids is 1. The molecule has 0 radical (unpaired) electrons. The molecule has 0 aliphatic rings. The van der Waals surface area contributed by atoms with E-state index in [-0.39, 0.29) is 18.3 Å². The third kappa shape index (κ3) is 7.01. The van der Waals surface area contributed by atoms with E-state index >= 15 is 0 Å². The molecule has 0 bridgehead atoms. The van der Waals surface area contributed by atoms with E-state index < -0.39 is 12.0 Å². The topological polar surface area (TPSA) is 67.8 Å². The van der Waals surface area contributed by atoms with Gasteiger partial charge < -0.3 is 19.9 Å². The minimum absolute atomic E-state index is 0.0679. The Kier molecular flexibility index (Phi) is 8.92. The van der Waals surface area contributed by atoms with Gasteiger partial charge in [0.2, 0.25) is 0 Å². The highest BCUT2D eigenvalue weighted by Crippen LogP contribution is 2.37. The van der Waals surface area contributed by atoms with Crippen LogP contribution in [0.4, 0.5) is 4.39 Å². The van der Waals surface area contributed by atoms with E-state index in [4.69, 9.17) is 9.47 Å². The first-order valence-corrected chi connectivity index (χ1v) is 10.4. The molecule has 0 spiro atoms. The standard InChI is InChI=1S/C22H27BrFNO4/c1-4-28-20-11-15(12-25-19(22(26)27)9-14(2)3)10-17(23)21(20)29-13-16-7-5-6-8-18(16)24/h5-8,10-11,14,19,25H,4,9,12-13H2,1-3H3,(H,26,27). The molecule has 2 aromatic carbocycles. The first-order valence-electron chi connectivity index (χ1n) is 9.59. The fraction of sp³-hybridized carbons (Fsp3) is 0.409. The van der Waals surface area contributed by atoms with Crippen LogP contribution in [-0.2, 0) is 17.9 Å². The van der Waals surface area contributed by atoms with E-state index in [1.165, 1.54) is 6.07 Å². The highest BCUT2D eigenvalue weighted by molar-refractivity contribution is 9.10. The Morgan fingerprint density at radius 1 is 1.24 bits per heavy atom. The summed E-state index contributed by atoms with van der Waals surface area (Å²) in [4.78, 5) is 11.4. The number of benzene rings is 2. The van der Waals surface area contributed by atoms with Gasteiger partial charge in [0, 0.05) is 12.1 Å². The van der Waals surface area contributed by atoms with Crippen molar-refractivity contribution >= 4 is 21.9 Å². The maximum absolute atomic E-state index is 13.9. The molecule has 7 heteroatoms. The maximum atomic E-state index is 13.9. The van der Waals surface area contributed by atoms with E-state index in [0.29, 0.717) is 41.1 Å². The van der Waals surface area contributed by atoms with Gasteiger partial charge in [-0.2, -0.15) is 0 Å². The van der Waals surface area contributed by atoms with Gasteiger partial charge in [0.05, 0.1) is 11.1 Å². The van der Waals surface area contributed by atoms with E-state index in [2.05, 4.69) is 21.2 Å². The molecule has 0 amide bonds. The van der Waals surface area contributed by atoms with Gasteiger partial charge in [-0.05, 0) is 59.0 Å². The summed E-state index contributed by atoms with van der Waals surface area (Å²) in [5.74, 6) is 0.0740. The molecule has 158 valence electrons. The van der Waals surface area contributed by atoms with Gasteiger partial charge in [-0.1, -0.05) is 32.0 Å². The molecule has 0 fully saturated rings. The molecule has 1 atom stereocenters. The number of carboxylic acid groups (broad SMARTS) is 1. The van der Waals surface area contributed by atoms with E-state index in [0.717, 1.165) is 5.56 Å². The van der Waals surface area contributed by atoms with Crippen molar-refractivity contribution in [2.45, 2.75) is 46.4 Å². The van der Waals surface area contributed by atoms with Gasteiger partial charge in [0.15, 0.2) is 11.5 Å². The number of halogens is 2. The number of rotatable bonds is 11. The maximum Gasteiger partial charge on any atom is 0.320 e. The average Bonchev–Trinajstić information content (AvgIpc) is 2.65. The quantitative estimate of drug-likeness (QED) is 0.477. The van der Waals surface area contributed by atoms with E-state index in [1.807, 2.05) is 32.9 Å². The zero-order valence-electron chi connectivity index (χ0n) is 16.9. The summed E-state index contributed by atoms with van der Waals surface area (Å²) in [6.07, 6.45) is 0.540. The third-order valence-corrected chi connectivity index (χ3v) is 4.85. The Morgan fingerprint density at radius 2 is 1.97 bits per heavy atom. The predicted molar refractivity (Wildman–Crippen MR) is 114 cm³/mol. The lowest BCUT2D eigenvalue weighted by Crippen LogP contribution is -2.37. The fourth-order valence-electron chi connectivity index (χ4n) is 2.88. The summed E-state index contributed by atoms with van der Waals surface area (Å²) in [5.41, 5.74) is 1.30. The number of aliphatic carboxylic acids is 1. The van der Waals surface area contributed by atoms with Crippen molar-refractivity contribution in [3.05, 3.63) is 57.8 Å². The smallest absolute Gasteiger partial charge is 0.320 e. The number of hydrogen-bond acceptors (Lipinski definition) is 4. The van der Waals surface area contributed by atoms with Crippen molar-refractivity contribution in [1.82, 2.24) is 5.32 Å². The second kappa shape index (κ2) is 11.2. The second-order valence-electron chi connectivity index (χ2n) is 7.12. The SMILES string of the molecule is CCOc1cc(CNC(CC(C)C)C(=O)O)cc(Br)c1OCc1ccccc1F. The van der Waals surface area contributed by atoms with Crippen molar-refractivity contribution in [2.75, 3.05) is 6.61 Å². The second-order valence-corrected chi connectivity index (χ2v) is 7.97. The van der Waals surface area contributed by atoms with Gasteiger partial charge in [-0.25, -0.2) is 4.39 Å². The van der Waals surface area contributed by atoms with Crippen LogP contribution in [0.2, 0.25) is 0 Å². The van der Waals surface area contributed by atoms with E-state index in [9.17, 15) is 14.3 Å². The molecular formula is C22H27BrFNO4. The molecule has 0 heterocycles. The molecule has 2 aromatic rings. The molecule has 0 aromatic heterocycles. The van der Waals surface area contributed by atoms with Gasteiger partial charge in [0.1, 0.15) is 18.5 Å². The van der Waals surface area contributed by atoms with Crippen molar-refractivity contribution in [3.63, 3.8) is 0 Å². The molecule has 1 unspecified atom stereocenters. The van der Waals surface area contributed by atoms with E-state index in [1.54, 1.807) is 18.2 Å². The summed E-state index contributed by atoms with van der Waals surface area (Å²) in [6.45, 7) is 6.72. The summed E-state index contributed by atoms with van der Waals surface area (Å²) in [6, 6.07) is 9.48. The van der Waals surface area contributed by atoms with Crippen molar-refractivity contribution in [3.8, 4) is 11.5 Å². The van der Waals surface area contributed by atoms with Gasteiger partial charge in [-0.15, -0.1) is 0 Å². The first-order chi connectivity index (χ1) is 13.8. The lowest BCUT2D eigenvalue weighted by molar-refractivity contribution is -0.140. The highest BCUT2D eigenvalue weighted by Gasteiger charge is 2.19. The number of carbonyl (C=O) groups is 1. The van der Waals surface area contributed by atoms with Crippen molar-refractivity contribution in [2.24, 2.45) is 5.92 Å². The Labute approximate surface area is 179 Å². The van der Waals surface area contributed by atoms with Crippen LogP contribution in [0.1, 0.15) is 38.3 Å². The number of ether oxygens (including phenoxy) is 2. The highest BCUT2D eigenvalue weighted by atomic mass is 79.9. The average molecular weight is 468 g/mol. The number of hydrogen-bond donors (Lipinski definition) is 2. The third-order valence-electron chi connectivity index (χ3n) is 4.26. The van der Waals surface area contributed by atoms with Crippen molar-refractivity contribution < 1.29 is 23.8 Å². The van der Waals surface area contributed by atoms with Crippen molar-refractivity contribution in [1.29, 1.82) is 0 Å². The lowest BCUT2D eigenvalue weighted by Gasteiger charge is -2.18. The van der Waals surface area contributed by atoms with Crippen LogP contribution in [-0.4, -0.2) is 23.7 Å². The van der Waals surface area contributed by atoms with Crippen LogP contribution in [0, 0.1) is 11.7 Å². The Bertz CT molecular complexity index is 828. The molecule has 0 saturated carbocycles. The van der Waals surface area contributed by atoms with Crippen LogP contribution in [0.3, 0.4) is 0 Å². The molecule has 2 rings (SSSR count). The van der Waals surface area contributed by atoms with Crippen LogP contribution < -0.4 is 14.8 Å². The molecule has 2 N–H and O–H groups in total. The fourth-order valence-corrected chi connectivity index (χ4v) is 3.48. The summed E-state index contributed by atoms with van der Waals surface area (Å²) < 4.78 is 26.1. The molecule has 5 nitrogen and oxygen atoms in total. The minimum atomic E-state index is -0.868. The summed E-state index contributed by atoms with van der Waals surface area (Å²) in [7, 11) is 0. The Morgan fingerprint density at radius 3 is 2.59 bits per heavy atom. The van der Waals surface area contributed by atoms with Crippen LogP contribution >= 0.6 is 15.9 Å².